The summed E-state index contributed by atoms with van der Waals surface area (Å²) in [4.78, 5) is 0.275. The van der Waals surface area contributed by atoms with Crippen molar-refractivity contribution < 1.29 is 8.42 Å². The number of hydrogen-bond donors (Lipinski definition) is 1. The Morgan fingerprint density at radius 3 is 2.70 bits per heavy atom. The smallest absolute Gasteiger partial charge is 0.243 e. The van der Waals surface area contributed by atoms with Crippen molar-refractivity contribution in [3.8, 4) is 6.07 Å². The van der Waals surface area contributed by atoms with Gasteiger partial charge in [-0.15, -0.1) is 0 Å². The summed E-state index contributed by atoms with van der Waals surface area (Å²) in [5, 5.41) is 11.7. The maximum Gasteiger partial charge on any atom is 0.243 e. The van der Waals surface area contributed by atoms with Crippen LogP contribution in [0.1, 0.15) is 31.9 Å². The highest BCUT2D eigenvalue weighted by atomic mass is 32.2. The topological polar surface area (TPSA) is 73.2 Å². The molecule has 0 aliphatic carbocycles. The Labute approximate surface area is 121 Å². The molecule has 5 nitrogen and oxygen atoms in total. The molecule has 0 spiro atoms. The average molecular weight is 295 g/mol. The van der Waals surface area contributed by atoms with E-state index in [9.17, 15) is 8.42 Å². The maximum absolute atomic E-state index is 12.5. The van der Waals surface area contributed by atoms with Crippen molar-refractivity contribution in [2.24, 2.45) is 0 Å². The molecule has 0 saturated heterocycles. The normalized spacial score (nSPS) is 13.2. The van der Waals surface area contributed by atoms with Gasteiger partial charge in [0.15, 0.2) is 0 Å². The summed E-state index contributed by atoms with van der Waals surface area (Å²) in [6, 6.07) is 8.98. The van der Waals surface area contributed by atoms with Gasteiger partial charge in [-0.3, -0.25) is 0 Å². The van der Waals surface area contributed by atoms with Crippen LogP contribution in [0.5, 0.6) is 0 Å². The minimum atomic E-state index is -3.53. The van der Waals surface area contributed by atoms with Crippen molar-refractivity contribution in [3.63, 3.8) is 0 Å². The van der Waals surface area contributed by atoms with Gasteiger partial charge in [-0.25, -0.2) is 8.42 Å². The van der Waals surface area contributed by atoms with Gasteiger partial charge in [0.1, 0.15) is 0 Å². The number of nitrogens with one attached hydrogen (secondary N) is 1. The molecule has 1 aromatic carbocycles. The van der Waals surface area contributed by atoms with Crippen molar-refractivity contribution >= 4 is 10.0 Å². The molecule has 0 saturated carbocycles. The fourth-order valence-electron chi connectivity index (χ4n) is 1.88. The Morgan fingerprint density at radius 2 is 2.15 bits per heavy atom. The van der Waals surface area contributed by atoms with E-state index in [2.05, 4.69) is 5.32 Å². The van der Waals surface area contributed by atoms with Crippen LogP contribution >= 0.6 is 0 Å². The summed E-state index contributed by atoms with van der Waals surface area (Å²) in [5.74, 6) is 0. The van der Waals surface area contributed by atoms with Gasteiger partial charge < -0.3 is 5.32 Å². The second kappa shape index (κ2) is 7.39. The van der Waals surface area contributed by atoms with Crippen LogP contribution in [0, 0.1) is 11.3 Å². The summed E-state index contributed by atoms with van der Waals surface area (Å²) in [7, 11) is -1.70. The Morgan fingerprint density at radius 1 is 1.45 bits per heavy atom. The molecule has 110 valence electrons. The molecular weight excluding hydrogens is 274 g/mol. The predicted octanol–water partition coefficient (Wildman–Crippen LogP) is 1.89. The number of benzene rings is 1. The van der Waals surface area contributed by atoms with E-state index in [0.717, 1.165) is 5.56 Å². The standard InChI is InChI=1S/C14H21N3O2S/c1-4-17(10-6-9-15)20(18,19)14-8-5-7-13(11-14)12(2)16-3/h5,7-8,11-12,16H,4,6,10H2,1-3H3. The first-order valence-electron chi connectivity index (χ1n) is 6.61. The van der Waals surface area contributed by atoms with Crippen LogP contribution in [0.2, 0.25) is 0 Å². The quantitative estimate of drug-likeness (QED) is 0.833. The van der Waals surface area contributed by atoms with Gasteiger partial charge >= 0.3 is 0 Å². The molecule has 0 aliphatic heterocycles. The lowest BCUT2D eigenvalue weighted by molar-refractivity contribution is 0.435. The highest BCUT2D eigenvalue weighted by molar-refractivity contribution is 7.89. The molecule has 1 unspecified atom stereocenters. The van der Waals surface area contributed by atoms with Crippen molar-refractivity contribution in [1.29, 1.82) is 5.26 Å². The minimum absolute atomic E-state index is 0.0827. The number of sulfonamides is 1. The molecule has 1 rings (SSSR count). The zero-order valence-electron chi connectivity index (χ0n) is 12.1. The Kier molecular flexibility index (Phi) is 6.14. The van der Waals surface area contributed by atoms with Crippen LogP contribution in [0.25, 0.3) is 0 Å². The average Bonchev–Trinajstić information content (AvgIpc) is 2.47. The van der Waals surface area contributed by atoms with Crippen LogP contribution < -0.4 is 5.32 Å². The summed E-state index contributed by atoms with van der Waals surface area (Å²) in [5.41, 5.74) is 0.921. The van der Waals surface area contributed by atoms with Gasteiger partial charge in [-0.1, -0.05) is 19.1 Å². The molecule has 6 heteroatoms. The molecule has 20 heavy (non-hydrogen) atoms. The van der Waals surface area contributed by atoms with Gasteiger partial charge in [0.05, 0.1) is 11.0 Å². The first-order valence-corrected chi connectivity index (χ1v) is 8.05. The largest absolute Gasteiger partial charge is 0.313 e. The Balaban J connectivity index is 3.11. The number of hydrogen-bond acceptors (Lipinski definition) is 4. The summed E-state index contributed by atoms with van der Waals surface area (Å²) < 4.78 is 26.4. The first kappa shape index (κ1) is 16.6. The third kappa shape index (κ3) is 3.79. The maximum atomic E-state index is 12.5. The molecule has 0 heterocycles. The van der Waals surface area contributed by atoms with E-state index < -0.39 is 10.0 Å². The van der Waals surface area contributed by atoms with Crippen LogP contribution in [-0.4, -0.2) is 32.9 Å². The highest BCUT2D eigenvalue weighted by Crippen LogP contribution is 2.20. The molecule has 1 aromatic rings. The Hall–Kier alpha value is -1.42. The summed E-state index contributed by atoms with van der Waals surface area (Å²) in [6.45, 7) is 4.32. The van der Waals surface area contributed by atoms with E-state index in [1.165, 1.54) is 4.31 Å². The molecule has 0 amide bonds. The molecule has 0 bridgehead atoms. The summed E-state index contributed by atoms with van der Waals surface area (Å²) >= 11 is 0. The van der Waals surface area contributed by atoms with Crippen LogP contribution in [0.3, 0.4) is 0 Å². The Bertz CT molecular complexity index is 578. The van der Waals surface area contributed by atoms with Gasteiger partial charge in [0.25, 0.3) is 0 Å². The third-order valence-corrected chi connectivity index (χ3v) is 5.22. The number of nitriles is 1. The molecule has 0 aromatic heterocycles. The van der Waals surface area contributed by atoms with Crippen molar-refractivity contribution in [3.05, 3.63) is 29.8 Å². The lowest BCUT2D eigenvalue weighted by atomic mass is 10.1. The molecule has 0 fully saturated rings. The molecule has 1 N–H and O–H groups in total. The fourth-order valence-corrected chi connectivity index (χ4v) is 3.39. The number of rotatable bonds is 7. The SMILES string of the molecule is CCN(CCC#N)S(=O)(=O)c1cccc(C(C)NC)c1. The van der Waals surface area contributed by atoms with Crippen LogP contribution in [0.4, 0.5) is 0 Å². The van der Waals surface area contributed by atoms with E-state index in [-0.39, 0.29) is 23.9 Å². The van der Waals surface area contributed by atoms with Gasteiger partial charge in [0.2, 0.25) is 10.0 Å². The van der Waals surface area contributed by atoms with Crippen LogP contribution in [0.15, 0.2) is 29.2 Å². The van der Waals surface area contributed by atoms with Crippen molar-refractivity contribution in [1.82, 2.24) is 9.62 Å². The van der Waals surface area contributed by atoms with E-state index in [1.807, 2.05) is 26.1 Å². The van der Waals surface area contributed by atoms with E-state index in [1.54, 1.807) is 25.1 Å². The van der Waals surface area contributed by atoms with Gasteiger partial charge in [-0.05, 0) is 31.7 Å². The zero-order chi connectivity index (χ0) is 15.2. The lowest BCUT2D eigenvalue weighted by Crippen LogP contribution is -2.31. The second-order valence-corrected chi connectivity index (χ2v) is 6.43. The predicted molar refractivity (Wildman–Crippen MR) is 78.6 cm³/mol. The lowest BCUT2D eigenvalue weighted by Gasteiger charge is -2.20. The molecular formula is C14H21N3O2S. The molecule has 0 aliphatic rings. The van der Waals surface area contributed by atoms with E-state index in [0.29, 0.717) is 6.54 Å². The third-order valence-electron chi connectivity index (χ3n) is 3.25. The zero-order valence-corrected chi connectivity index (χ0v) is 12.9. The monoisotopic (exact) mass is 295 g/mol. The van der Waals surface area contributed by atoms with E-state index >= 15 is 0 Å². The highest BCUT2D eigenvalue weighted by Gasteiger charge is 2.23. The van der Waals surface area contributed by atoms with E-state index in [4.69, 9.17) is 5.26 Å². The second-order valence-electron chi connectivity index (χ2n) is 4.49. The molecule has 0 radical (unpaired) electrons. The van der Waals surface area contributed by atoms with Gasteiger partial charge in [-0.2, -0.15) is 9.57 Å². The van der Waals surface area contributed by atoms with Gasteiger partial charge in [0, 0.05) is 25.6 Å². The first-order chi connectivity index (χ1) is 9.47. The summed E-state index contributed by atoms with van der Waals surface area (Å²) in [6.07, 6.45) is 0.194. The van der Waals surface area contributed by atoms with Crippen LogP contribution in [-0.2, 0) is 10.0 Å². The van der Waals surface area contributed by atoms with Crippen molar-refractivity contribution in [2.75, 3.05) is 20.1 Å². The van der Waals surface area contributed by atoms with Crippen molar-refractivity contribution in [2.45, 2.75) is 31.2 Å². The minimum Gasteiger partial charge on any atom is -0.313 e. The number of nitrogens with zero attached hydrogens (tertiary/aromatic N) is 2. The fraction of sp³-hybridized carbons (Fsp3) is 0.500. The molecule has 1 atom stereocenters.